The Kier molecular flexibility index (Phi) is 5.84. The zero-order chi connectivity index (χ0) is 20.1. The number of pyridine rings is 2. The Hall–Kier alpha value is -3.22. The molecule has 0 saturated carbocycles. The van der Waals surface area contributed by atoms with E-state index in [0.29, 0.717) is 12.5 Å². The summed E-state index contributed by atoms with van der Waals surface area (Å²) in [6.07, 6.45) is 3.71. The van der Waals surface area contributed by atoms with Gasteiger partial charge in [-0.05, 0) is 36.2 Å². The van der Waals surface area contributed by atoms with Gasteiger partial charge in [0.25, 0.3) is 0 Å². The molecule has 0 radical (unpaired) electrons. The van der Waals surface area contributed by atoms with E-state index in [0.717, 1.165) is 54.9 Å². The smallest absolute Gasteiger partial charge is 0.148 e. The van der Waals surface area contributed by atoms with Crippen LogP contribution in [0.2, 0.25) is 0 Å². The summed E-state index contributed by atoms with van der Waals surface area (Å²) in [6, 6.07) is 14.2. The van der Waals surface area contributed by atoms with Crippen molar-refractivity contribution in [3.63, 3.8) is 0 Å². The molecule has 1 aliphatic heterocycles. The van der Waals surface area contributed by atoms with Crippen LogP contribution in [-0.2, 0) is 6.54 Å². The molecule has 0 bridgehead atoms. The Balaban J connectivity index is 1.39. The van der Waals surface area contributed by atoms with Crippen LogP contribution >= 0.6 is 0 Å². The molecule has 1 aliphatic rings. The number of hydrogen-bond donors (Lipinski definition) is 1. The van der Waals surface area contributed by atoms with Crippen LogP contribution in [0.3, 0.4) is 0 Å². The number of nitrogens with zero attached hydrogens (tertiary/aromatic N) is 6. The quantitative estimate of drug-likeness (QED) is 0.693. The normalized spacial score (nSPS) is 14.3. The van der Waals surface area contributed by atoms with Gasteiger partial charge < -0.3 is 15.1 Å². The van der Waals surface area contributed by atoms with Gasteiger partial charge in [-0.25, -0.2) is 9.97 Å². The number of nitrogens with one attached hydrogen (secondary N) is 1. The van der Waals surface area contributed by atoms with E-state index >= 15 is 0 Å². The van der Waals surface area contributed by atoms with Gasteiger partial charge in [0.05, 0.1) is 5.69 Å². The summed E-state index contributed by atoms with van der Waals surface area (Å²) in [7, 11) is 0. The van der Waals surface area contributed by atoms with Crippen LogP contribution in [0, 0.1) is 0 Å². The highest BCUT2D eigenvalue weighted by molar-refractivity contribution is 5.51. The largest absolute Gasteiger partial charge is 0.364 e. The van der Waals surface area contributed by atoms with Crippen molar-refractivity contribution in [3.05, 3.63) is 66.1 Å². The Bertz CT molecular complexity index is 904. The predicted molar refractivity (Wildman–Crippen MR) is 116 cm³/mol. The maximum absolute atomic E-state index is 4.67. The van der Waals surface area contributed by atoms with Crippen LogP contribution in [-0.4, -0.2) is 46.3 Å². The molecular weight excluding hydrogens is 362 g/mol. The molecule has 0 atom stereocenters. The standard InChI is InChI=1S/C22H27N7/c1-17(2)19-8-9-20(27-26-19)25-16-18-6-5-11-24-22(18)29-14-12-28(13-15-29)21-7-3-4-10-23-21/h3-11,17H,12-16H2,1-2H3,(H,25,27). The predicted octanol–water partition coefficient (Wildman–Crippen LogP) is 3.33. The second-order valence-corrected chi connectivity index (χ2v) is 7.50. The van der Waals surface area contributed by atoms with Crippen molar-refractivity contribution in [2.75, 3.05) is 41.3 Å². The van der Waals surface area contributed by atoms with E-state index in [4.69, 9.17) is 0 Å². The second-order valence-electron chi connectivity index (χ2n) is 7.50. The first kappa shape index (κ1) is 19.1. The van der Waals surface area contributed by atoms with Crippen molar-refractivity contribution in [2.24, 2.45) is 0 Å². The molecule has 4 heterocycles. The number of piperazine rings is 1. The minimum Gasteiger partial charge on any atom is -0.364 e. The molecule has 1 N–H and O–H groups in total. The van der Waals surface area contributed by atoms with Crippen LogP contribution < -0.4 is 15.1 Å². The molecule has 7 nitrogen and oxygen atoms in total. The summed E-state index contributed by atoms with van der Waals surface area (Å²) in [6.45, 7) is 8.61. The lowest BCUT2D eigenvalue weighted by Gasteiger charge is -2.36. The van der Waals surface area contributed by atoms with E-state index in [1.807, 2.05) is 42.7 Å². The summed E-state index contributed by atoms with van der Waals surface area (Å²) >= 11 is 0. The number of anilines is 3. The molecule has 7 heteroatoms. The lowest BCUT2D eigenvalue weighted by molar-refractivity contribution is 0.639. The molecule has 150 valence electrons. The molecular formula is C22H27N7. The second kappa shape index (κ2) is 8.86. The molecule has 3 aromatic rings. The zero-order valence-corrected chi connectivity index (χ0v) is 17.0. The highest BCUT2D eigenvalue weighted by Crippen LogP contribution is 2.22. The van der Waals surface area contributed by atoms with Crippen molar-refractivity contribution in [1.82, 2.24) is 20.2 Å². The molecule has 0 aliphatic carbocycles. The first-order valence-corrected chi connectivity index (χ1v) is 10.1. The van der Waals surface area contributed by atoms with Gasteiger partial charge in [0.1, 0.15) is 17.5 Å². The minimum atomic E-state index is 0.381. The van der Waals surface area contributed by atoms with Gasteiger partial charge in [0.15, 0.2) is 0 Å². The first-order valence-electron chi connectivity index (χ1n) is 10.1. The van der Waals surface area contributed by atoms with Crippen LogP contribution in [0.25, 0.3) is 0 Å². The van der Waals surface area contributed by atoms with Crippen LogP contribution in [0.1, 0.15) is 31.0 Å². The topological polar surface area (TPSA) is 70.1 Å². The Morgan fingerprint density at radius 2 is 1.66 bits per heavy atom. The summed E-state index contributed by atoms with van der Waals surface area (Å²) in [5.41, 5.74) is 2.16. The van der Waals surface area contributed by atoms with Gasteiger partial charge in [-0.15, -0.1) is 5.10 Å². The number of aromatic nitrogens is 4. The Morgan fingerprint density at radius 1 is 0.862 bits per heavy atom. The average molecular weight is 390 g/mol. The fourth-order valence-corrected chi connectivity index (χ4v) is 3.47. The summed E-state index contributed by atoms with van der Waals surface area (Å²) in [5.74, 6) is 3.24. The maximum Gasteiger partial charge on any atom is 0.148 e. The Morgan fingerprint density at radius 3 is 2.34 bits per heavy atom. The molecule has 1 saturated heterocycles. The van der Waals surface area contributed by atoms with Crippen molar-refractivity contribution in [1.29, 1.82) is 0 Å². The van der Waals surface area contributed by atoms with E-state index < -0.39 is 0 Å². The highest BCUT2D eigenvalue weighted by Gasteiger charge is 2.20. The van der Waals surface area contributed by atoms with E-state index in [2.05, 4.69) is 61.3 Å². The highest BCUT2D eigenvalue weighted by atomic mass is 15.3. The van der Waals surface area contributed by atoms with Gasteiger partial charge in [-0.3, -0.25) is 0 Å². The van der Waals surface area contributed by atoms with Gasteiger partial charge in [-0.1, -0.05) is 26.0 Å². The molecule has 0 aromatic carbocycles. The monoisotopic (exact) mass is 389 g/mol. The van der Waals surface area contributed by atoms with Crippen molar-refractivity contribution >= 4 is 17.5 Å². The van der Waals surface area contributed by atoms with E-state index in [1.54, 1.807) is 0 Å². The summed E-state index contributed by atoms with van der Waals surface area (Å²) in [4.78, 5) is 13.8. The van der Waals surface area contributed by atoms with Crippen LogP contribution in [0.4, 0.5) is 17.5 Å². The molecule has 0 spiro atoms. The molecule has 29 heavy (non-hydrogen) atoms. The average Bonchev–Trinajstić information content (AvgIpc) is 2.79. The van der Waals surface area contributed by atoms with Crippen LogP contribution in [0.5, 0.6) is 0 Å². The summed E-state index contributed by atoms with van der Waals surface area (Å²) in [5, 5.41) is 12.0. The van der Waals surface area contributed by atoms with Gasteiger partial charge in [0, 0.05) is 50.7 Å². The van der Waals surface area contributed by atoms with Gasteiger partial charge in [0.2, 0.25) is 0 Å². The third-order valence-electron chi connectivity index (χ3n) is 5.16. The third-order valence-corrected chi connectivity index (χ3v) is 5.16. The fourth-order valence-electron chi connectivity index (χ4n) is 3.47. The zero-order valence-electron chi connectivity index (χ0n) is 17.0. The Labute approximate surface area is 171 Å². The fraction of sp³-hybridized carbons (Fsp3) is 0.364. The van der Waals surface area contributed by atoms with Crippen molar-refractivity contribution in [3.8, 4) is 0 Å². The molecule has 4 rings (SSSR count). The van der Waals surface area contributed by atoms with E-state index in [1.165, 1.54) is 0 Å². The molecule has 0 unspecified atom stereocenters. The lowest BCUT2D eigenvalue weighted by atomic mass is 10.1. The SMILES string of the molecule is CC(C)c1ccc(NCc2cccnc2N2CCN(c3ccccn3)CC2)nn1. The maximum atomic E-state index is 4.67. The van der Waals surface area contributed by atoms with Crippen molar-refractivity contribution < 1.29 is 0 Å². The van der Waals surface area contributed by atoms with Gasteiger partial charge in [-0.2, -0.15) is 5.10 Å². The number of hydrogen-bond acceptors (Lipinski definition) is 7. The lowest BCUT2D eigenvalue weighted by Crippen LogP contribution is -2.47. The first-order chi connectivity index (χ1) is 14.2. The minimum absolute atomic E-state index is 0.381. The summed E-state index contributed by atoms with van der Waals surface area (Å²) < 4.78 is 0. The molecule has 3 aromatic heterocycles. The van der Waals surface area contributed by atoms with Crippen LogP contribution in [0.15, 0.2) is 54.9 Å². The molecule has 1 fully saturated rings. The van der Waals surface area contributed by atoms with Crippen molar-refractivity contribution in [2.45, 2.75) is 26.3 Å². The van der Waals surface area contributed by atoms with Gasteiger partial charge >= 0.3 is 0 Å². The third kappa shape index (κ3) is 4.62. The van der Waals surface area contributed by atoms with E-state index in [-0.39, 0.29) is 0 Å². The number of rotatable bonds is 6. The molecule has 0 amide bonds. The van der Waals surface area contributed by atoms with E-state index in [9.17, 15) is 0 Å².